The number of urea groups is 1. The molecular formula is C20H25FN4O3. The third kappa shape index (κ3) is 3.49. The Bertz CT molecular complexity index is 806. The predicted octanol–water partition coefficient (Wildman–Crippen LogP) is 1.34. The highest BCUT2D eigenvalue weighted by atomic mass is 19.1. The van der Waals surface area contributed by atoms with E-state index in [1.165, 1.54) is 11.0 Å². The molecule has 0 spiro atoms. The summed E-state index contributed by atoms with van der Waals surface area (Å²) in [6.45, 7) is 5.23. The molecule has 3 heterocycles. The third-order valence-electron chi connectivity index (χ3n) is 5.66. The molecule has 3 aliphatic heterocycles. The number of benzene rings is 1. The molecule has 3 amide bonds. The van der Waals surface area contributed by atoms with Crippen molar-refractivity contribution in [3.05, 3.63) is 46.9 Å². The molecule has 4 rings (SSSR count). The third-order valence-corrected chi connectivity index (χ3v) is 5.66. The molecule has 7 nitrogen and oxygen atoms in total. The second kappa shape index (κ2) is 7.89. The molecule has 1 N–H and O–H groups in total. The SMILES string of the molecule is CN1C(=O)NC(c2ccccc2F)C2=C1CN(CCCN1CCOCC1)C2=O. The van der Waals surface area contributed by atoms with E-state index in [9.17, 15) is 14.0 Å². The lowest BCUT2D eigenvalue weighted by Crippen LogP contribution is -2.45. The number of carbonyl (C=O) groups is 2. The van der Waals surface area contributed by atoms with Gasteiger partial charge in [-0.05, 0) is 12.5 Å². The van der Waals surface area contributed by atoms with Gasteiger partial charge in [-0.2, -0.15) is 0 Å². The summed E-state index contributed by atoms with van der Waals surface area (Å²) in [6.07, 6.45) is 0.849. The Hall–Kier alpha value is -2.45. The van der Waals surface area contributed by atoms with Crippen LogP contribution in [-0.2, 0) is 9.53 Å². The van der Waals surface area contributed by atoms with Crippen LogP contribution in [0, 0.1) is 5.82 Å². The Morgan fingerprint density at radius 1 is 1.18 bits per heavy atom. The molecule has 28 heavy (non-hydrogen) atoms. The van der Waals surface area contributed by atoms with Crippen molar-refractivity contribution in [3.63, 3.8) is 0 Å². The van der Waals surface area contributed by atoms with Crippen LogP contribution in [0.1, 0.15) is 18.0 Å². The minimum Gasteiger partial charge on any atom is -0.379 e. The summed E-state index contributed by atoms with van der Waals surface area (Å²) < 4.78 is 19.7. The van der Waals surface area contributed by atoms with Gasteiger partial charge in [0.25, 0.3) is 5.91 Å². The van der Waals surface area contributed by atoms with E-state index in [-0.39, 0.29) is 11.9 Å². The average molecular weight is 388 g/mol. The first-order valence-electron chi connectivity index (χ1n) is 9.67. The first-order chi connectivity index (χ1) is 13.6. The standard InChI is InChI=1S/C20H25FN4O3/c1-23-16-13-25(8-4-7-24-9-11-28-12-10-24)19(26)17(16)18(22-20(23)27)14-5-2-3-6-15(14)21/h2-3,5-6,18H,4,7-13H2,1H3,(H,22,27). The lowest BCUT2D eigenvalue weighted by atomic mass is 9.95. The number of nitrogens with one attached hydrogen (secondary N) is 1. The molecule has 1 aromatic rings. The fourth-order valence-electron chi connectivity index (χ4n) is 4.06. The molecule has 0 saturated carbocycles. The molecule has 1 unspecified atom stereocenters. The van der Waals surface area contributed by atoms with Crippen LogP contribution in [0.3, 0.4) is 0 Å². The number of halogens is 1. The van der Waals surface area contributed by atoms with Crippen molar-refractivity contribution < 1.29 is 18.7 Å². The van der Waals surface area contributed by atoms with E-state index >= 15 is 0 Å². The molecule has 1 saturated heterocycles. The van der Waals surface area contributed by atoms with Crippen LogP contribution in [0.15, 0.2) is 35.5 Å². The quantitative estimate of drug-likeness (QED) is 0.827. The smallest absolute Gasteiger partial charge is 0.322 e. The van der Waals surface area contributed by atoms with E-state index in [4.69, 9.17) is 4.74 Å². The number of hydrogen-bond donors (Lipinski definition) is 1. The van der Waals surface area contributed by atoms with Crippen LogP contribution in [0.25, 0.3) is 0 Å². The fraction of sp³-hybridized carbons (Fsp3) is 0.500. The van der Waals surface area contributed by atoms with Crippen LogP contribution >= 0.6 is 0 Å². The largest absolute Gasteiger partial charge is 0.379 e. The van der Waals surface area contributed by atoms with Gasteiger partial charge in [0.1, 0.15) is 5.82 Å². The zero-order valence-electron chi connectivity index (χ0n) is 16.0. The van der Waals surface area contributed by atoms with Gasteiger partial charge in [-0.15, -0.1) is 0 Å². The number of ether oxygens (including phenoxy) is 1. The summed E-state index contributed by atoms with van der Waals surface area (Å²) in [5, 5.41) is 2.77. The van der Waals surface area contributed by atoms with Crippen LogP contribution < -0.4 is 5.32 Å². The zero-order chi connectivity index (χ0) is 19.7. The van der Waals surface area contributed by atoms with E-state index in [1.807, 2.05) is 0 Å². The highest BCUT2D eigenvalue weighted by molar-refractivity contribution is 6.01. The molecule has 0 radical (unpaired) electrons. The second-order valence-corrected chi connectivity index (χ2v) is 7.36. The number of morpholine rings is 1. The van der Waals surface area contributed by atoms with Crippen molar-refractivity contribution in [1.29, 1.82) is 0 Å². The van der Waals surface area contributed by atoms with E-state index in [0.717, 1.165) is 39.3 Å². The van der Waals surface area contributed by atoms with E-state index < -0.39 is 11.9 Å². The fourth-order valence-corrected chi connectivity index (χ4v) is 4.06. The Balaban J connectivity index is 1.49. The molecule has 3 aliphatic rings. The topological polar surface area (TPSA) is 65.1 Å². The molecule has 1 aromatic carbocycles. The van der Waals surface area contributed by atoms with Gasteiger partial charge in [-0.3, -0.25) is 14.6 Å². The highest BCUT2D eigenvalue weighted by Gasteiger charge is 2.43. The molecule has 8 heteroatoms. The van der Waals surface area contributed by atoms with Gasteiger partial charge >= 0.3 is 6.03 Å². The first-order valence-corrected chi connectivity index (χ1v) is 9.67. The number of rotatable bonds is 5. The molecule has 0 aliphatic carbocycles. The van der Waals surface area contributed by atoms with Crippen molar-refractivity contribution >= 4 is 11.9 Å². The maximum atomic E-state index is 14.4. The van der Waals surface area contributed by atoms with Gasteiger partial charge < -0.3 is 15.0 Å². The maximum Gasteiger partial charge on any atom is 0.322 e. The molecule has 0 bridgehead atoms. The van der Waals surface area contributed by atoms with Crippen molar-refractivity contribution in [1.82, 2.24) is 20.0 Å². The van der Waals surface area contributed by atoms with Gasteiger partial charge in [0.05, 0.1) is 37.1 Å². The van der Waals surface area contributed by atoms with Crippen molar-refractivity contribution in [2.75, 3.05) is 53.0 Å². The molecule has 150 valence electrons. The summed E-state index contributed by atoms with van der Waals surface area (Å²) in [5.41, 5.74) is 1.45. The number of likely N-dealkylation sites (N-methyl/N-ethyl adjacent to an activating group) is 1. The van der Waals surface area contributed by atoms with E-state index in [1.54, 1.807) is 30.1 Å². The number of hydrogen-bond acceptors (Lipinski definition) is 4. The monoisotopic (exact) mass is 388 g/mol. The normalized spacial score (nSPS) is 23.3. The molecular weight excluding hydrogens is 363 g/mol. The minimum absolute atomic E-state index is 0.128. The van der Waals surface area contributed by atoms with Crippen LogP contribution in [0.2, 0.25) is 0 Å². The number of amides is 3. The van der Waals surface area contributed by atoms with Crippen molar-refractivity contribution in [3.8, 4) is 0 Å². The summed E-state index contributed by atoms with van der Waals surface area (Å²) in [5.74, 6) is -0.556. The van der Waals surface area contributed by atoms with Crippen molar-refractivity contribution in [2.24, 2.45) is 0 Å². The molecule has 1 fully saturated rings. The Labute approximate surface area is 163 Å². The average Bonchev–Trinajstić information content (AvgIpc) is 3.03. The van der Waals surface area contributed by atoms with Gasteiger partial charge in [0.2, 0.25) is 0 Å². The van der Waals surface area contributed by atoms with E-state index in [2.05, 4.69) is 10.2 Å². The molecule has 1 atom stereocenters. The maximum absolute atomic E-state index is 14.4. The predicted molar refractivity (Wildman–Crippen MR) is 101 cm³/mol. The number of carbonyl (C=O) groups excluding carboxylic acids is 2. The summed E-state index contributed by atoms with van der Waals surface area (Å²) in [4.78, 5) is 31.0. The van der Waals surface area contributed by atoms with Gasteiger partial charge in [-0.25, -0.2) is 9.18 Å². The highest BCUT2D eigenvalue weighted by Crippen LogP contribution is 2.36. The van der Waals surface area contributed by atoms with Crippen LogP contribution in [0.4, 0.5) is 9.18 Å². The summed E-state index contributed by atoms with van der Waals surface area (Å²) in [7, 11) is 1.65. The lowest BCUT2D eigenvalue weighted by molar-refractivity contribution is -0.125. The van der Waals surface area contributed by atoms with Gasteiger partial charge in [0.15, 0.2) is 0 Å². The molecule has 0 aromatic heterocycles. The Kier molecular flexibility index (Phi) is 5.32. The van der Waals surface area contributed by atoms with Crippen LogP contribution in [-0.4, -0.2) is 79.6 Å². The van der Waals surface area contributed by atoms with E-state index in [0.29, 0.717) is 29.9 Å². The zero-order valence-corrected chi connectivity index (χ0v) is 16.0. The lowest BCUT2D eigenvalue weighted by Gasteiger charge is -2.31. The Morgan fingerprint density at radius 2 is 1.93 bits per heavy atom. The first kappa shape index (κ1) is 18.9. The second-order valence-electron chi connectivity index (χ2n) is 7.36. The van der Waals surface area contributed by atoms with Gasteiger partial charge in [-0.1, -0.05) is 18.2 Å². The number of nitrogens with zero attached hydrogens (tertiary/aromatic N) is 3. The van der Waals surface area contributed by atoms with Crippen molar-refractivity contribution in [2.45, 2.75) is 12.5 Å². The van der Waals surface area contributed by atoms with Gasteiger partial charge in [0, 0.05) is 38.8 Å². The minimum atomic E-state index is -0.753. The summed E-state index contributed by atoms with van der Waals surface area (Å²) >= 11 is 0. The summed E-state index contributed by atoms with van der Waals surface area (Å²) in [6, 6.07) is 5.19. The Morgan fingerprint density at radius 3 is 2.68 bits per heavy atom. The van der Waals surface area contributed by atoms with Crippen LogP contribution in [0.5, 0.6) is 0 Å².